The van der Waals surface area contributed by atoms with Crippen LogP contribution in [0.15, 0.2) is 24.3 Å². The lowest BCUT2D eigenvalue weighted by atomic mass is 10.0. The number of anilines is 1. The zero-order valence-corrected chi connectivity index (χ0v) is 19.3. The zero-order chi connectivity index (χ0) is 21.5. The highest BCUT2D eigenvalue weighted by molar-refractivity contribution is 7.99. The number of rotatable bonds is 6. The average molecular weight is 445 g/mol. The molecule has 2 N–H and O–H groups in total. The van der Waals surface area contributed by atoms with Crippen LogP contribution in [0.5, 0.6) is 0 Å². The Bertz CT molecular complexity index is 722. The molecular weight excluding hydrogens is 408 g/mol. The predicted molar refractivity (Wildman–Crippen MR) is 128 cm³/mol. The summed E-state index contributed by atoms with van der Waals surface area (Å²) >= 11 is 1.91. The van der Waals surface area contributed by atoms with Gasteiger partial charge in [0.2, 0.25) is 5.91 Å². The van der Waals surface area contributed by atoms with Gasteiger partial charge in [0.15, 0.2) is 0 Å². The molecular formula is C24H36N4O2S. The lowest BCUT2D eigenvalue weighted by molar-refractivity contribution is -0.130. The highest BCUT2D eigenvalue weighted by Gasteiger charge is 2.24. The Morgan fingerprint density at radius 2 is 1.61 bits per heavy atom. The fourth-order valence-corrected chi connectivity index (χ4v) is 5.88. The van der Waals surface area contributed by atoms with E-state index in [4.69, 9.17) is 0 Å². The smallest absolute Gasteiger partial charge is 0.319 e. The Morgan fingerprint density at radius 1 is 0.935 bits per heavy atom. The van der Waals surface area contributed by atoms with Crippen molar-refractivity contribution in [2.75, 3.05) is 49.5 Å². The van der Waals surface area contributed by atoms with Crippen molar-refractivity contribution in [3.05, 3.63) is 29.8 Å². The fourth-order valence-electron chi connectivity index (χ4n) is 4.98. The van der Waals surface area contributed by atoms with Crippen molar-refractivity contribution in [3.8, 4) is 0 Å². The van der Waals surface area contributed by atoms with Gasteiger partial charge in [0, 0.05) is 56.0 Å². The van der Waals surface area contributed by atoms with Crippen LogP contribution in [-0.4, -0.2) is 72.0 Å². The predicted octanol–water partition coefficient (Wildman–Crippen LogP) is 3.58. The number of carbonyl (C=O) groups excluding carboxylic acids is 2. The van der Waals surface area contributed by atoms with Gasteiger partial charge in [-0.05, 0) is 49.3 Å². The van der Waals surface area contributed by atoms with Crippen molar-refractivity contribution >= 4 is 29.4 Å². The lowest BCUT2D eigenvalue weighted by Gasteiger charge is -2.33. The average Bonchev–Trinajstić information content (AvgIpc) is 3.30. The number of carbonyl (C=O) groups is 2. The van der Waals surface area contributed by atoms with Crippen LogP contribution >= 0.6 is 11.8 Å². The molecule has 0 spiro atoms. The first kappa shape index (κ1) is 22.5. The molecule has 31 heavy (non-hydrogen) atoms. The molecule has 2 aliphatic heterocycles. The van der Waals surface area contributed by atoms with Crippen molar-refractivity contribution < 1.29 is 9.59 Å². The number of likely N-dealkylation sites (tertiary alicyclic amines) is 1. The number of benzene rings is 1. The number of urea groups is 1. The second kappa shape index (κ2) is 11.2. The second-order valence-corrected chi connectivity index (χ2v) is 10.4. The number of piperidine rings is 1. The molecule has 1 aromatic carbocycles. The molecule has 1 saturated carbocycles. The van der Waals surface area contributed by atoms with E-state index in [1.165, 1.54) is 32.2 Å². The number of hydrogen-bond donors (Lipinski definition) is 2. The molecule has 1 aliphatic carbocycles. The van der Waals surface area contributed by atoms with E-state index in [2.05, 4.69) is 15.5 Å². The molecule has 0 bridgehead atoms. The van der Waals surface area contributed by atoms with Crippen molar-refractivity contribution in [2.24, 2.45) is 5.92 Å². The van der Waals surface area contributed by atoms with E-state index in [-0.39, 0.29) is 18.0 Å². The molecule has 0 radical (unpaired) electrons. The number of thioether (sulfide) groups is 1. The first-order valence-electron chi connectivity index (χ1n) is 11.9. The molecule has 0 unspecified atom stereocenters. The van der Waals surface area contributed by atoms with Gasteiger partial charge in [0.1, 0.15) is 0 Å². The van der Waals surface area contributed by atoms with Crippen LogP contribution < -0.4 is 10.6 Å². The Balaban J connectivity index is 1.16. The molecule has 4 rings (SSSR count). The maximum atomic E-state index is 12.4. The molecule has 3 fully saturated rings. The monoisotopic (exact) mass is 444 g/mol. The molecule has 1 aromatic rings. The largest absolute Gasteiger partial charge is 0.341 e. The van der Waals surface area contributed by atoms with Crippen LogP contribution in [0, 0.1) is 5.92 Å². The van der Waals surface area contributed by atoms with Crippen molar-refractivity contribution in [1.29, 1.82) is 0 Å². The van der Waals surface area contributed by atoms with Gasteiger partial charge in [-0.3, -0.25) is 4.79 Å². The van der Waals surface area contributed by atoms with Crippen LogP contribution in [0.1, 0.15) is 44.1 Å². The van der Waals surface area contributed by atoms with E-state index in [0.29, 0.717) is 6.42 Å². The van der Waals surface area contributed by atoms with Crippen LogP contribution in [-0.2, 0) is 11.2 Å². The third-order valence-corrected chi connectivity index (χ3v) is 7.79. The summed E-state index contributed by atoms with van der Waals surface area (Å²) in [7, 11) is 0. The van der Waals surface area contributed by atoms with Crippen LogP contribution in [0.25, 0.3) is 0 Å². The van der Waals surface area contributed by atoms with Crippen molar-refractivity contribution in [3.63, 3.8) is 0 Å². The number of nitrogens with zero attached hydrogens (tertiary/aromatic N) is 2. The van der Waals surface area contributed by atoms with Gasteiger partial charge >= 0.3 is 6.03 Å². The van der Waals surface area contributed by atoms with Crippen LogP contribution in [0.3, 0.4) is 0 Å². The molecule has 3 aliphatic rings. The van der Waals surface area contributed by atoms with E-state index < -0.39 is 0 Å². The Morgan fingerprint density at radius 3 is 2.29 bits per heavy atom. The van der Waals surface area contributed by atoms with Crippen molar-refractivity contribution in [2.45, 2.75) is 51.0 Å². The van der Waals surface area contributed by atoms with Crippen LogP contribution in [0.2, 0.25) is 0 Å². The summed E-state index contributed by atoms with van der Waals surface area (Å²) in [5.41, 5.74) is 1.76. The number of hydrogen-bond acceptors (Lipinski definition) is 4. The third-order valence-electron chi connectivity index (χ3n) is 6.84. The molecule has 0 atom stereocenters. The molecule has 170 valence electrons. The summed E-state index contributed by atoms with van der Waals surface area (Å²) in [6.07, 6.45) is 8.06. The lowest BCUT2D eigenvalue weighted by Crippen LogP contribution is -2.46. The molecule has 2 heterocycles. The SMILES string of the molecule is O=C(Nc1ccc(CC(=O)N2CCSCC2)cc1)NC1CCN(CC2CCCC2)CC1. The Labute approximate surface area is 190 Å². The zero-order valence-electron chi connectivity index (χ0n) is 18.5. The highest BCUT2D eigenvalue weighted by atomic mass is 32.2. The summed E-state index contributed by atoms with van der Waals surface area (Å²) in [6.45, 7) is 5.11. The first-order chi connectivity index (χ1) is 15.2. The summed E-state index contributed by atoms with van der Waals surface area (Å²) < 4.78 is 0. The third kappa shape index (κ3) is 6.88. The van der Waals surface area contributed by atoms with Gasteiger partial charge in [0.25, 0.3) is 0 Å². The van der Waals surface area contributed by atoms with E-state index in [1.54, 1.807) is 0 Å². The van der Waals surface area contributed by atoms with Gasteiger partial charge in [0.05, 0.1) is 6.42 Å². The van der Waals surface area contributed by atoms with Gasteiger partial charge < -0.3 is 20.4 Å². The number of amides is 3. The minimum atomic E-state index is -0.135. The molecule has 2 saturated heterocycles. The number of nitrogens with one attached hydrogen (secondary N) is 2. The summed E-state index contributed by atoms with van der Waals surface area (Å²) in [5.74, 6) is 3.15. The highest BCUT2D eigenvalue weighted by Crippen LogP contribution is 2.26. The standard InChI is InChI=1S/C24H36N4O2S/c29-23(28-13-15-31-16-14-28)17-19-5-7-21(8-6-19)25-24(30)26-22-9-11-27(12-10-22)18-20-3-1-2-4-20/h5-8,20,22H,1-4,9-18H2,(H2,25,26,30). The summed E-state index contributed by atoms with van der Waals surface area (Å²) in [4.78, 5) is 29.3. The maximum Gasteiger partial charge on any atom is 0.319 e. The Hall–Kier alpha value is -1.73. The van der Waals surface area contributed by atoms with Crippen molar-refractivity contribution in [1.82, 2.24) is 15.1 Å². The van der Waals surface area contributed by atoms with E-state index in [0.717, 1.165) is 67.7 Å². The topological polar surface area (TPSA) is 64.7 Å². The van der Waals surface area contributed by atoms with E-state index >= 15 is 0 Å². The maximum absolute atomic E-state index is 12.4. The normalized spacial score (nSPS) is 21.2. The van der Waals surface area contributed by atoms with E-state index in [1.807, 2.05) is 40.9 Å². The molecule has 3 amide bonds. The first-order valence-corrected chi connectivity index (χ1v) is 13.1. The van der Waals surface area contributed by atoms with Gasteiger partial charge in [-0.15, -0.1) is 0 Å². The molecule has 6 nitrogen and oxygen atoms in total. The van der Waals surface area contributed by atoms with Gasteiger partial charge in [-0.1, -0.05) is 25.0 Å². The van der Waals surface area contributed by atoms with Gasteiger partial charge in [-0.25, -0.2) is 4.79 Å². The van der Waals surface area contributed by atoms with Crippen LogP contribution in [0.4, 0.5) is 10.5 Å². The Kier molecular flexibility index (Phi) is 8.14. The summed E-state index contributed by atoms with van der Waals surface area (Å²) in [5, 5.41) is 6.07. The quantitative estimate of drug-likeness (QED) is 0.704. The van der Waals surface area contributed by atoms with Gasteiger partial charge in [-0.2, -0.15) is 11.8 Å². The minimum absolute atomic E-state index is 0.135. The molecule has 0 aromatic heterocycles. The second-order valence-electron chi connectivity index (χ2n) is 9.19. The molecule has 7 heteroatoms. The minimum Gasteiger partial charge on any atom is -0.341 e. The summed E-state index contributed by atoms with van der Waals surface area (Å²) in [6, 6.07) is 7.77. The fraction of sp³-hybridized carbons (Fsp3) is 0.667. The van der Waals surface area contributed by atoms with E-state index in [9.17, 15) is 9.59 Å².